The third kappa shape index (κ3) is 4.60. The molecular weight excluding hydrogens is 400 g/mol. The van der Waals surface area contributed by atoms with E-state index in [0.29, 0.717) is 6.20 Å². The fraction of sp³-hybridized carbons (Fsp3) is 0.111. The quantitative estimate of drug-likeness (QED) is 0.621. The number of nitrogens with zero attached hydrogens (tertiary/aromatic N) is 4. The second-order valence-electron chi connectivity index (χ2n) is 5.79. The number of alkyl halides is 6. The van der Waals surface area contributed by atoms with Crippen LogP contribution in [-0.4, -0.2) is 20.4 Å². The van der Waals surface area contributed by atoms with E-state index in [9.17, 15) is 26.3 Å². The van der Waals surface area contributed by atoms with Crippen LogP contribution in [0.25, 0.3) is 23.4 Å². The fourth-order valence-corrected chi connectivity index (χ4v) is 2.41. The van der Waals surface area contributed by atoms with E-state index in [4.69, 9.17) is 5.26 Å². The molecule has 3 aromatic rings. The van der Waals surface area contributed by atoms with E-state index < -0.39 is 23.5 Å². The molecule has 0 radical (unpaired) electrons. The predicted molar refractivity (Wildman–Crippen MR) is 89.7 cm³/mol. The molecule has 0 bridgehead atoms. The lowest BCUT2D eigenvalue weighted by Gasteiger charge is -2.10. The predicted octanol–water partition coefficient (Wildman–Crippen LogP) is 4.95. The summed E-state index contributed by atoms with van der Waals surface area (Å²) >= 11 is 0. The van der Waals surface area contributed by atoms with E-state index in [1.54, 1.807) is 6.07 Å². The van der Waals surface area contributed by atoms with Crippen molar-refractivity contribution in [3.05, 3.63) is 64.6 Å². The third-order valence-corrected chi connectivity index (χ3v) is 3.78. The Bertz CT molecular complexity index is 1090. The zero-order valence-electron chi connectivity index (χ0n) is 14.2. The zero-order chi connectivity index (χ0) is 21.2. The van der Waals surface area contributed by atoms with Crippen LogP contribution in [-0.2, 0) is 12.4 Å². The van der Waals surface area contributed by atoms with Crippen molar-refractivity contribution in [3.8, 4) is 17.3 Å². The molecule has 0 amide bonds. The molecule has 0 saturated heterocycles. The number of hydrogen-bond acceptors (Lipinski definition) is 4. The van der Waals surface area contributed by atoms with Crippen molar-refractivity contribution in [3.63, 3.8) is 0 Å². The van der Waals surface area contributed by atoms with E-state index in [0.717, 1.165) is 24.3 Å². The Morgan fingerprint density at radius 1 is 0.931 bits per heavy atom. The number of H-pyrrole nitrogens is 1. The maximum absolute atomic E-state index is 13.2. The summed E-state index contributed by atoms with van der Waals surface area (Å²) in [7, 11) is 0. The highest BCUT2D eigenvalue weighted by Crippen LogP contribution is 2.34. The van der Waals surface area contributed by atoms with Gasteiger partial charge in [-0.3, -0.25) is 4.98 Å². The SMILES string of the molecule is N#Cc1[nH]nnc1-c1cc(/C=C/c2ccc(C(F)(F)F)cn2)cc(C(F)(F)F)c1. The van der Waals surface area contributed by atoms with Crippen molar-refractivity contribution >= 4 is 12.2 Å². The first-order valence-corrected chi connectivity index (χ1v) is 7.83. The maximum Gasteiger partial charge on any atom is 0.417 e. The van der Waals surface area contributed by atoms with E-state index in [-0.39, 0.29) is 28.2 Å². The monoisotopic (exact) mass is 409 g/mol. The summed E-state index contributed by atoms with van der Waals surface area (Å²) in [6.45, 7) is 0. The van der Waals surface area contributed by atoms with E-state index >= 15 is 0 Å². The van der Waals surface area contributed by atoms with Crippen molar-refractivity contribution < 1.29 is 26.3 Å². The second-order valence-corrected chi connectivity index (χ2v) is 5.79. The molecule has 29 heavy (non-hydrogen) atoms. The molecule has 2 aromatic heterocycles. The summed E-state index contributed by atoms with van der Waals surface area (Å²) in [5, 5.41) is 18.3. The topological polar surface area (TPSA) is 78.2 Å². The van der Waals surface area contributed by atoms with Gasteiger partial charge in [0.1, 0.15) is 11.8 Å². The molecule has 1 aromatic carbocycles. The Kier molecular flexibility index (Phi) is 5.11. The molecule has 0 aliphatic carbocycles. The molecule has 0 aliphatic heterocycles. The molecule has 2 heterocycles. The lowest BCUT2D eigenvalue weighted by molar-refractivity contribution is -0.138. The van der Waals surface area contributed by atoms with Crippen LogP contribution in [0.2, 0.25) is 0 Å². The number of hydrogen-bond donors (Lipinski definition) is 1. The van der Waals surface area contributed by atoms with Crippen molar-refractivity contribution in [1.82, 2.24) is 20.4 Å². The molecule has 0 aliphatic rings. The first-order valence-electron chi connectivity index (χ1n) is 7.83. The summed E-state index contributed by atoms with van der Waals surface area (Å²) in [5.41, 5.74) is -1.87. The van der Waals surface area contributed by atoms with Crippen molar-refractivity contribution in [2.24, 2.45) is 0 Å². The number of benzene rings is 1. The van der Waals surface area contributed by atoms with E-state index in [1.165, 1.54) is 18.2 Å². The number of aromatic nitrogens is 4. The Hall–Kier alpha value is -3.68. The summed E-state index contributed by atoms with van der Waals surface area (Å²) in [5.74, 6) is 0. The number of halogens is 6. The first kappa shape index (κ1) is 20.1. The highest BCUT2D eigenvalue weighted by Gasteiger charge is 2.32. The number of nitriles is 1. The first-order chi connectivity index (χ1) is 13.6. The Labute approximate surface area is 159 Å². The van der Waals surface area contributed by atoms with Gasteiger partial charge in [0.2, 0.25) is 0 Å². The van der Waals surface area contributed by atoms with Gasteiger partial charge in [-0.2, -0.15) is 31.6 Å². The molecule has 148 valence electrons. The van der Waals surface area contributed by atoms with Gasteiger partial charge in [-0.1, -0.05) is 11.3 Å². The summed E-state index contributed by atoms with van der Waals surface area (Å²) in [6.07, 6.45) is -6.04. The zero-order valence-corrected chi connectivity index (χ0v) is 14.2. The van der Waals surface area contributed by atoms with Gasteiger partial charge in [0, 0.05) is 11.8 Å². The van der Waals surface area contributed by atoms with Crippen molar-refractivity contribution in [1.29, 1.82) is 5.26 Å². The van der Waals surface area contributed by atoms with Gasteiger partial charge >= 0.3 is 12.4 Å². The molecule has 3 rings (SSSR count). The Morgan fingerprint density at radius 2 is 1.66 bits per heavy atom. The summed E-state index contributed by atoms with van der Waals surface area (Å²) in [4.78, 5) is 3.63. The minimum absolute atomic E-state index is 0.00477. The standard InChI is InChI=1S/C18H9F6N5/c19-17(20,21)12-2-4-14(26-9-12)3-1-10-5-11(7-13(6-10)18(22,23)24)16-15(8-25)27-29-28-16/h1-7,9H,(H,27,28,29)/b3-1+. The van der Waals surface area contributed by atoms with Gasteiger partial charge in [-0.05, 0) is 42.0 Å². The Balaban J connectivity index is 1.99. The molecule has 5 nitrogen and oxygen atoms in total. The molecule has 0 saturated carbocycles. The molecular formula is C18H9F6N5. The van der Waals surface area contributed by atoms with Crippen LogP contribution in [0.3, 0.4) is 0 Å². The minimum Gasteiger partial charge on any atom is -0.256 e. The molecule has 0 fully saturated rings. The van der Waals surface area contributed by atoms with Crippen LogP contribution in [0.15, 0.2) is 36.5 Å². The van der Waals surface area contributed by atoms with Gasteiger partial charge in [0.25, 0.3) is 0 Å². The van der Waals surface area contributed by atoms with Crippen LogP contribution >= 0.6 is 0 Å². The highest BCUT2D eigenvalue weighted by atomic mass is 19.4. The number of rotatable bonds is 3. The number of pyridine rings is 1. The van der Waals surface area contributed by atoms with Crippen LogP contribution < -0.4 is 0 Å². The van der Waals surface area contributed by atoms with Gasteiger partial charge in [-0.25, -0.2) is 5.10 Å². The van der Waals surface area contributed by atoms with Gasteiger partial charge in [0.15, 0.2) is 5.69 Å². The fourth-order valence-electron chi connectivity index (χ4n) is 2.41. The average molecular weight is 409 g/mol. The number of nitrogens with one attached hydrogen (secondary N) is 1. The number of aromatic amines is 1. The Morgan fingerprint density at radius 3 is 2.24 bits per heavy atom. The molecule has 0 spiro atoms. The molecule has 1 N–H and O–H groups in total. The lowest BCUT2D eigenvalue weighted by Crippen LogP contribution is -2.05. The summed E-state index contributed by atoms with van der Waals surface area (Å²) in [6, 6.07) is 6.68. The largest absolute Gasteiger partial charge is 0.417 e. The van der Waals surface area contributed by atoms with Gasteiger partial charge < -0.3 is 0 Å². The normalized spacial score (nSPS) is 12.3. The average Bonchev–Trinajstić information content (AvgIpc) is 3.14. The molecule has 11 heteroatoms. The second kappa shape index (κ2) is 7.38. The van der Waals surface area contributed by atoms with Crippen molar-refractivity contribution in [2.75, 3.05) is 0 Å². The minimum atomic E-state index is -4.66. The highest BCUT2D eigenvalue weighted by molar-refractivity contribution is 5.74. The van der Waals surface area contributed by atoms with Gasteiger partial charge in [-0.15, -0.1) is 5.10 Å². The van der Waals surface area contributed by atoms with Crippen LogP contribution in [0, 0.1) is 11.3 Å². The molecule has 0 unspecified atom stereocenters. The lowest BCUT2D eigenvalue weighted by atomic mass is 10.0. The molecule has 0 atom stereocenters. The van der Waals surface area contributed by atoms with Crippen LogP contribution in [0.4, 0.5) is 26.3 Å². The third-order valence-electron chi connectivity index (χ3n) is 3.78. The van der Waals surface area contributed by atoms with Crippen LogP contribution in [0.1, 0.15) is 28.1 Å². The maximum atomic E-state index is 13.2. The van der Waals surface area contributed by atoms with Gasteiger partial charge in [0.05, 0.1) is 16.8 Å². The van der Waals surface area contributed by atoms with E-state index in [1.807, 2.05) is 0 Å². The summed E-state index contributed by atoms with van der Waals surface area (Å²) < 4.78 is 77.4. The van der Waals surface area contributed by atoms with E-state index in [2.05, 4.69) is 20.4 Å². The van der Waals surface area contributed by atoms with Crippen molar-refractivity contribution in [2.45, 2.75) is 12.4 Å². The van der Waals surface area contributed by atoms with Crippen LogP contribution in [0.5, 0.6) is 0 Å². The smallest absolute Gasteiger partial charge is 0.256 e.